The number of imidazole rings is 1. The number of nitrogens with one attached hydrogen (secondary N) is 1. The fraction of sp³-hybridized carbons (Fsp3) is 0.333. The zero-order chi connectivity index (χ0) is 14.6. The molecule has 0 aliphatic rings. The van der Waals surface area contributed by atoms with Crippen LogP contribution in [0.4, 0.5) is 24.8 Å². The van der Waals surface area contributed by atoms with Gasteiger partial charge in [-0.2, -0.15) is 13.2 Å². The third-order valence-electron chi connectivity index (χ3n) is 2.56. The van der Waals surface area contributed by atoms with E-state index in [-0.39, 0.29) is 0 Å². The second-order valence-electron chi connectivity index (χ2n) is 3.99. The number of rotatable bonds is 5. The van der Waals surface area contributed by atoms with Crippen LogP contribution in [0.15, 0.2) is 30.7 Å². The van der Waals surface area contributed by atoms with Crippen molar-refractivity contribution in [1.29, 1.82) is 0 Å². The summed E-state index contributed by atoms with van der Waals surface area (Å²) in [4.78, 5) is 7.45. The van der Waals surface area contributed by atoms with Crippen molar-refractivity contribution in [2.24, 2.45) is 0 Å². The highest BCUT2D eigenvalue weighted by atomic mass is 19.4. The Bertz CT molecular complexity index is 551. The molecule has 2 aromatic rings. The van der Waals surface area contributed by atoms with Crippen LogP contribution >= 0.6 is 0 Å². The average Bonchev–Trinajstić information content (AvgIpc) is 2.83. The molecule has 108 valence electrons. The van der Waals surface area contributed by atoms with Crippen LogP contribution in [0.2, 0.25) is 0 Å². The van der Waals surface area contributed by atoms with Crippen molar-refractivity contribution < 1.29 is 17.9 Å². The number of pyridine rings is 1. The molecule has 0 unspecified atom stereocenters. The van der Waals surface area contributed by atoms with E-state index in [2.05, 4.69) is 15.3 Å². The molecule has 0 bridgehead atoms. The lowest BCUT2D eigenvalue weighted by molar-refractivity contribution is -0.141. The van der Waals surface area contributed by atoms with E-state index in [1.54, 1.807) is 24.1 Å². The Morgan fingerprint density at radius 2 is 2.10 bits per heavy atom. The summed E-state index contributed by atoms with van der Waals surface area (Å²) in [6.07, 6.45) is 0.0298. The van der Waals surface area contributed by atoms with Crippen molar-refractivity contribution in [2.75, 3.05) is 19.0 Å². The van der Waals surface area contributed by atoms with E-state index < -0.39 is 11.9 Å². The SMILES string of the molecule is COCCn1ccnc1Nc1ccc(C(F)(F)F)nc1. The van der Waals surface area contributed by atoms with Gasteiger partial charge in [-0.1, -0.05) is 0 Å². The molecule has 0 saturated heterocycles. The molecule has 0 aromatic carbocycles. The van der Waals surface area contributed by atoms with E-state index in [4.69, 9.17) is 4.74 Å². The van der Waals surface area contributed by atoms with Crippen molar-refractivity contribution in [3.05, 3.63) is 36.4 Å². The van der Waals surface area contributed by atoms with Crippen LogP contribution in [0.5, 0.6) is 0 Å². The molecule has 0 radical (unpaired) electrons. The molecular formula is C12H13F3N4O. The van der Waals surface area contributed by atoms with Crippen molar-refractivity contribution in [3.63, 3.8) is 0 Å². The minimum Gasteiger partial charge on any atom is -0.383 e. The first-order valence-electron chi connectivity index (χ1n) is 5.81. The Balaban J connectivity index is 2.09. The number of methoxy groups -OCH3 is 1. The highest BCUT2D eigenvalue weighted by molar-refractivity contribution is 5.52. The minimum absolute atomic E-state index is 0.433. The van der Waals surface area contributed by atoms with Gasteiger partial charge in [0.2, 0.25) is 5.95 Å². The van der Waals surface area contributed by atoms with Gasteiger partial charge in [-0.25, -0.2) is 9.97 Å². The number of hydrogen-bond donors (Lipinski definition) is 1. The summed E-state index contributed by atoms with van der Waals surface area (Å²) in [5.41, 5.74) is -0.492. The van der Waals surface area contributed by atoms with Crippen LogP contribution in [0.25, 0.3) is 0 Å². The van der Waals surface area contributed by atoms with Crippen molar-refractivity contribution in [3.8, 4) is 0 Å². The molecule has 0 spiro atoms. The van der Waals surface area contributed by atoms with E-state index in [9.17, 15) is 13.2 Å². The number of hydrogen-bond acceptors (Lipinski definition) is 4. The maximum Gasteiger partial charge on any atom is 0.433 e. The molecule has 1 N–H and O–H groups in total. The summed E-state index contributed by atoms with van der Waals surface area (Å²) in [5, 5.41) is 2.91. The van der Waals surface area contributed by atoms with Crippen LogP contribution in [-0.4, -0.2) is 28.3 Å². The van der Waals surface area contributed by atoms with Crippen LogP contribution in [0.3, 0.4) is 0 Å². The quantitative estimate of drug-likeness (QED) is 0.918. The van der Waals surface area contributed by atoms with Crippen LogP contribution < -0.4 is 5.32 Å². The molecule has 5 nitrogen and oxygen atoms in total. The fourth-order valence-corrected chi connectivity index (χ4v) is 1.57. The van der Waals surface area contributed by atoms with Gasteiger partial charge in [0.25, 0.3) is 0 Å². The van der Waals surface area contributed by atoms with Gasteiger partial charge >= 0.3 is 6.18 Å². The number of aromatic nitrogens is 3. The van der Waals surface area contributed by atoms with Crippen molar-refractivity contribution >= 4 is 11.6 Å². The maximum atomic E-state index is 12.4. The van der Waals surface area contributed by atoms with Crippen molar-refractivity contribution in [2.45, 2.75) is 12.7 Å². The summed E-state index contributed by atoms with van der Waals surface area (Å²) in [5.74, 6) is 0.517. The fourth-order valence-electron chi connectivity index (χ4n) is 1.57. The zero-order valence-corrected chi connectivity index (χ0v) is 10.7. The lowest BCUT2D eigenvalue weighted by Gasteiger charge is -2.10. The Hall–Kier alpha value is -2.09. The topological polar surface area (TPSA) is 52.0 Å². The monoisotopic (exact) mass is 286 g/mol. The molecule has 0 aliphatic heterocycles. The molecule has 2 aromatic heterocycles. The molecule has 0 amide bonds. The van der Waals surface area contributed by atoms with Gasteiger partial charge in [-0.05, 0) is 12.1 Å². The smallest absolute Gasteiger partial charge is 0.383 e. The summed E-state index contributed by atoms with van der Waals surface area (Å²) in [6, 6.07) is 2.23. The van der Waals surface area contributed by atoms with Gasteiger partial charge in [0, 0.05) is 26.0 Å². The summed E-state index contributed by atoms with van der Waals surface area (Å²) >= 11 is 0. The molecule has 8 heteroatoms. The first-order valence-corrected chi connectivity index (χ1v) is 5.81. The van der Waals surface area contributed by atoms with Gasteiger partial charge in [-0.15, -0.1) is 0 Å². The minimum atomic E-state index is -4.44. The maximum absolute atomic E-state index is 12.4. The highest BCUT2D eigenvalue weighted by Gasteiger charge is 2.32. The normalized spacial score (nSPS) is 11.6. The molecule has 2 rings (SSSR count). The Kier molecular flexibility index (Phi) is 4.23. The molecule has 0 atom stereocenters. The van der Waals surface area contributed by atoms with E-state index >= 15 is 0 Å². The first-order chi connectivity index (χ1) is 9.50. The third kappa shape index (κ3) is 3.47. The standard InChI is InChI=1S/C12H13F3N4O/c1-20-7-6-19-5-4-16-11(19)18-9-2-3-10(17-8-9)12(13,14)15/h2-5,8H,6-7H2,1H3,(H,16,18). The average molecular weight is 286 g/mol. The Morgan fingerprint density at radius 3 is 2.70 bits per heavy atom. The predicted molar refractivity (Wildman–Crippen MR) is 66.6 cm³/mol. The summed E-state index contributed by atoms with van der Waals surface area (Å²) < 4.78 is 43.9. The van der Waals surface area contributed by atoms with Gasteiger partial charge in [0.15, 0.2) is 0 Å². The van der Waals surface area contributed by atoms with Gasteiger partial charge in [-0.3, -0.25) is 0 Å². The lowest BCUT2D eigenvalue weighted by Crippen LogP contribution is -2.09. The van der Waals surface area contributed by atoms with Gasteiger partial charge in [0.05, 0.1) is 18.5 Å². The van der Waals surface area contributed by atoms with Crippen LogP contribution in [0.1, 0.15) is 5.69 Å². The number of ether oxygens (including phenoxy) is 1. The lowest BCUT2D eigenvalue weighted by atomic mass is 10.3. The second kappa shape index (κ2) is 5.91. The third-order valence-corrected chi connectivity index (χ3v) is 2.56. The summed E-state index contributed by atoms with van der Waals surface area (Å²) in [7, 11) is 1.59. The summed E-state index contributed by atoms with van der Waals surface area (Å²) in [6.45, 7) is 1.10. The predicted octanol–water partition coefficient (Wildman–Crippen LogP) is 2.69. The van der Waals surface area contributed by atoms with Gasteiger partial charge in [0.1, 0.15) is 5.69 Å². The Morgan fingerprint density at radius 1 is 1.30 bits per heavy atom. The first kappa shape index (κ1) is 14.3. The molecule has 0 fully saturated rings. The second-order valence-corrected chi connectivity index (χ2v) is 3.99. The van der Waals surface area contributed by atoms with Crippen LogP contribution in [0, 0.1) is 0 Å². The van der Waals surface area contributed by atoms with Crippen molar-refractivity contribution in [1.82, 2.24) is 14.5 Å². The zero-order valence-electron chi connectivity index (χ0n) is 10.7. The van der Waals surface area contributed by atoms with Crippen LogP contribution in [-0.2, 0) is 17.5 Å². The molecule has 20 heavy (non-hydrogen) atoms. The largest absolute Gasteiger partial charge is 0.433 e. The molecule has 0 aliphatic carbocycles. The van der Waals surface area contributed by atoms with E-state index in [1.165, 1.54) is 6.07 Å². The molecule has 0 saturated carbocycles. The number of nitrogens with zero attached hydrogens (tertiary/aromatic N) is 3. The highest BCUT2D eigenvalue weighted by Crippen LogP contribution is 2.28. The molecule has 2 heterocycles. The number of halogens is 3. The number of alkyl halides is 3. The van der Waals surface area contributed by atoms with Gasteiger partial charge < -0.3 is 14.6 Å². The van der Waals surface area contributed by atoms with E-state index in [0.717, 1.165) is 12.3 Å². The Labute approximate surface area is 113 Å². The van der Waals surface area contributed by atoms with E-state index in [1.807, 2.05) is 0 Å². The number of anilines is 2. The molecular weight excluding hydrogens is 273 g/mol. The van der Waals surface area contributed by atoms with E-state index in [0.29, 0.717) is 24.8 Å².